The van der Waals surface area contributed by atoms with Crippen molar-refractivity contribution in [2.45, 2.75) is 303 Å². The molecule has 0 N–H and O–H groups in total. The van der Waals surface area contributed by atoms with E-state index in [1.54, 1.807) is 0 Å². The van der Waals surface area contributed by atoms with Crippen molar-refractivity contribution in [1.29, 1.82) is 0 Å². The van der Waals surface area contributed by atoms with Crippen molar-refractivity contribution >= 4 is 29.8 Å². The molecule has 76 heavy (non-hydrogen) atoms. The highest BCUT2D eigenvalue weighted by atomic mass is 16.7. The van der Waals surface area contributed by atoms with Crippen LogP contribution in [0, 0.1) is 71.0 Å². The number of carbonyl (C=O) groups excluding carboxylic acids is 5. The molecule has 1 heterocycles. The van der Waals surface area contributed by atoms with Crippen LogP contribution in [0.2, 0.25) is 0 Å². The number of hydrogen-bond acceptors (Lipinski definition) is 10. The van der Waals surface area contributed by atoms with Gasteiger partial charge in [-0.25, -0.2) is 4.79 Å². The lowest BCUT2D eigenvalue weighted by Gasteiger charge is -2.25. The molecule has 0 aliphatic carbocycles. The molecule has 10 heteroatoms. The van der Waals surface area contributed by atoms with Crippen molar-refractivity contribution in [3.05, 3.63) is 11.5 Å². The fraction of sp³-hybridized carbons (Fsp3) is 0.894. The number of ether oxygens (including phenoxy) is 5. The first-order chi connectivity index (χ1) is 35.8. The SMILES string of the molecule is CC(C)CCCC(C)CCCC(C)CC(=O)OC[C@H](OC(=O)CC(C)CCCC(C)CCCC(C)C)C1OC(=O)C(OC(=O)CC(C)CCCC(C)CCCC(C)C)=C1OC(=O)CC(C)CCCC(C)CCCC(C)C. The fourth-order valence-corrected chi connectivity index (χ4v) is 10.7. The Hall–Kier alpha value is -2.91. The van der Waals surface area contributed by atoms with Gasteiger partial charge in [0.05, 0.1) is 0 Å². The summed E-state index contributed by atoms with van der Waals surface area (Å²) < 4.78 is 29.7. The zero-order chi connectivity index (χ0) is 57.2. The molecule has 0 spiro atoms. The van der Waals surface area contributed by atoms with E-state index in [-0.39, 0.29) is 55.1 Å². The van der Waals surface area contributed by atoms with Gasteiger partial charge in [0, 0.05) is 25.7 Å². The third-order valence-corrected chi connectivity index (χ3v) is 15.9. The maximum Gasteiger partial charge on any atom is 0.379 e. The second kappa shape index (κ2) is 41.2. The maximum absolute atomic E-state index is 13.9. The van der Waals surface area contributed by atoms with E-state index in [0.29, 0.717) is 47.3 Å². The van der Waals surface area contributed by atoms with Crippen molar-refractivity contribution in [2.24, 2.45) is 71.0 Å². The average molecular weight is 1070 g/mol. The molecule has 1 aliphatic rings. The third kappa shape index (κ3) is 36.3. The maximum atomic E-state index is 13.9. The molecule has 9 unspecified atom stereocenters. The van der Waals surface area contributed by atoms with Gasteiger partial charge in [0.2, 0.25) is 11.9 Å². The molecule has 0 bridgehead atoms. The van der Waals surface area contributed by atoms with Gasteiger partial charge in [0.25, 0.3) is 5.76 Å². The molecule has 1 aliphatic heterocycles. The summed E-state index contributed by atoms with van der Waals surface area (Å²) in [5.74, 6) is 1.16. The van der Waals surface area contributed by atoms with Crippen molar-refractivity contribution < 1.29 is 47.7 Å². The molecule has 0 aromatic carbocycles. The van der Waals surface area contributed by atoms with Gasteiger partial charge in [-0.1, -0.05) is 265 Å². The van der Waals surface area contributed by atoms with Crippen molar-refractivity contribution in [3.8, 4) is 0 Å². The first kappa shape index (κ1) is 71.1. The molecule has 0 aromatic rings. The summed E-state index contributed by atoms with van der Waals surface area (Å²) in [6.45, 7) is 34.9. The highest BCUT2D eigenvalue weighted by Crippen LogP contribution is 2.33. The van der Waals surface area contributed by atoms with E-state index >= 15 is 0 Å². The number of hydrogen-bond donors (Lipinski definition) is 0. The van der Waals surface area contributed by atoms with Crippen LogP contribution >= 0.6 is 0 Å². The summed E-state index contributed by atoms with van der Waals surface area (Å²) >= 11 is 0. The minimum atomic E-state index is -1.48. The molecule has 1 rings (SSSR count). The topological polar surface area (TPSA) is 132 Å². The van der Waals surface area contributed by atoms with Crippen LogP contribution in [-0.4, -0.2) is 48.7 Å². The lowest BCUT2D eigenvalue weighted by Crippen LogP contribution is -2.39. The lowest BCUT2D eigenvalue weighted by atomic mass is 9.92. The van der Waals surface area contributed by atoms with Crippen LogP contribution in [0.4, 0.5) is 0 Å². The minimum absolute atomic E-state index is 0.00686. The summed E-state index contributed by atoms with van der Waals surface area (Å²) in [6.07, 6.45) is 23.7. The number of esters is 5. The van der Waals surface area contributed by atoms with E-state index in [0.717, 1.165) is 77.0 Å². The van der Waals surface area contributed by atoms with Gasteiger partial charge < -0.3 is 23.7 Å². The molecule has 10 nitrogen and oxygen atoms in total. The predicted octanol–water partition coefficient (Wildman–Crippen LogP) is 18.3. The van der Waals surface area contributed by atoms with E-state index in [1.807, 2.05) is 27.7 Å². The van der Waals surface area contributed by atoms with Gasteiger partial charge in [-0.15, -0.1) is 0 Å². The zero-order valence-electron chi connectivity index (χ0n) is 52.2. The fourth-order valence-electron chi connectivity index (χ4n) is 10.7. The van der Waals surface area contributed by atoms with Crippen molar-refractivity contribution in [3.63, 3.8) is 0 Å². The molecule has 0 fully saturated rings. The Bertz CT molecular complexity index is 1610. The Kier molecular flexibility index (Phi) is 38.5. The van der Waals surface area contributed by atoms with E-state index < -0.39 is 54.4 Å². The molecule has 0 saturated heterocycles. The van der Waals surface area contributed by atoms with Crippen LogP contribution in [0.25, 0.3) is 0 Å². The largest absolute Gasteiger partial charge is 0.462 e. The molecular formula is C66H120O10. The Morgan fingerprint density at radius 3 is 0.974 bits per heavy atom. The summed E-state index contributed by atoms with van der Waals surface area (Å²) in [5.41, 5.74) is 0. The minimum Gasteiger partial charge on any atom is -0.462 e. The second-order valence-corrected chi connectivity index (χ2v) is 26.9. The number of rotatable bonds is 46. The normalized spacial score (nSPS) is 17.6. The van der Waals surface area contributed by atoms with Crippen LogP contribution in [0.15, 0.2) is 11.5 Å². The van der Waals surface area contributed by atoms with Gasteiger partial charge in [-0.2, -0.15) is 0 Å². The highest BCUT2D eigenvalue weighted by molar-refractivity contribution is 5.93. The Morgan fingerprint density at radius 1 is 0.368 bits per heavy atom. The predicted molar refractivity (Wildman–Crippen MR) is 312 cm³/mol. The monoisotopic (exact) mass is 1070 g/mol. The smallest absolute Gasteiger partial charge is 0.379 e. The summed E-state index contributed by atoms with van der Waals surface area (Å²) in [4.78, 5) is 68.9. The van der Waals surface area contributed by atoms with Gasteiger partial charge in [-0.05, 0) is 71.0 Å². The molecule has 0 aromatic heterocycles. The first-order valence-electron chi connectivity index (χ1n) is 31.6. The van der Waals surface area contributed by atoms with Gasteiger partial charge >= 0.3 is 29.8 Å². The number of carbonyl (C=O) groups is 5. The lowest BCUT2D eigenvalue weighted by molar-refractivity contribution is -0.173. The second-order valence-electron chi connectivity index (χ2n) is 26.9. The van der Waals surface area contributed by atoms with Gasteiger partial charge in [0.1, 0.15) is 6.61 Å². The van der Waals surface area contributed by atoms with Crippen molar-refractivity contribution in [1.82, 2.24) is 0 Å². The van der Waals surface area contributed by atoms with E-state index in [2.05, 4.69) is 83.1 Å². The van der Waals surface area contributed by atoms with Crippen LogP contribution in [0.1, 0.15) is 291 Å². The zero-order valence-corrected chi connectivity index (χ0v) is 52.2. The third-order valence-electron chi connectivity index (χ3n) is 15.9. The summed E-state index contributed by atoms with van der Waals surface area (Å²) in [5, 5.41) is 0. The molecule has 10 atom stereocenters. The van der Waals surface area contributed by atoms with Crippen LogP contribution in [-0.2, 0) is 47.7 Å². The molecule has 0 amide bonds. The number of cyclic esters (lactones) is 1. The van der Waals surface area contributed by atoms with Crippen LogP contribution in [0.5, 0.6) is 0 Å². The Morgan fingerprint density at radius 2 is 0.645 bits per heavy atom. The average Bonchev–Trinajstić information content (AvgIpc) is 3.59. The van der Waals surface area contributed by atoms with E-state index in [1.165, 1.54) is 77.0 Å². The molecule has 0 saturated carbocycles. The Labute approximate surface area is 467 Å². The van der Waals surface area contributed by atoms with Crippen LogP contribution < -0.4 is 0 Å². The van der Waals surface area contributed by atoms with E-state index in [9.17, 15) is 24.0 Å². The standard InChI is InChI=1S/C66H120O10/c1-46(2)25-17-29-50(9)33-21-37-54(13)41-59(67)72-45-58(73-60(68)42-55(14)38-22-34-51(10)30-18-26-47(3)4)63-64(74-61(69)43-56(15)39-23-35-52(11)31-19-27-48(5)6)65(66(71)76-63)75-62(70)44-57(16)40-24-36-53(12)32-20-28-49(7)8/h46-58,63H,17-45H2,1-16H3/t50?,51?,52?,53?,54?,55?,56?,57?,58-,63?/m0/s1. The quantitative estimate of drug-likeness (QED) is 0.0429. The molecule has 0 radical (unpaired) electrons. The summed E-state index contributed by atoms with van der Waals surface area (Å²) in [6, 6.07) is 0. The highest BCUT2D eigenvalue weighted by Gasteiger charge is 2.47. The van der Waals surface area contributed by atoms with Gasteiger partial charge in [0.15, 0.2) is 6.10 Å². The molecule has 444 valence electrons. The van der Waals surface area contributed by atoms with Crippen molar-refractivity contribution in [2.75, 3.05) is 6.61 Å². The Balaban J connectivity index is 3.36. The van der Waals surface area contributed by atoms with Gasteiger partial charge in [-0.3, -0.25) is 19.2 Å². The molecular weight excluding hydrogens is 953 g/mol. The summed E-state index contributed by atoms with van der Waals surface area (Å²) in [7, 11) is 0. The van der Waals surface area contributed by atoms with Crippen LogP contribution in [0.3, 0.4) is 0 Å². The first-order valence-corrected chi connectivity index (χ1v) is 31.6. The van der Waals surface area contributed by atoms with E-state index in [4.69, 9.17) is 23.7 Å².